The molecule has 8 aromatic carbocycles. The summed E-state index contributed by atoms with van der Waals surface area (Å²) in [5.41, 5.74) is 0. The second kappa shape index (κ2) is 49.6. The number of carboxylic acids is 4. The molecule has 0 radical (unpaired) electrons. The monoisotopic (exact) mass is 1900 g/mol. The van der Waals surface area contributed by atoms with Gasteiger partial charge in [-0.15, -0.1) is 0 Å². The molecule has 440 valence electrons. The van der Waals surface area contributed by atoms with Gasteiger partial charge in [0.25, 0.3) is 0 Å². The number of carbonyl (C=O) groups excluding carboxylic acids is 4. The summed E-state index contributed by atoms with van der Waals surface area (Å²) in [5, 5.41) is 64.6. The maximum Gasteiger partial charge on any atom is 1.00 e. The zero-order valence-electron chi connectivity index (χ0n) is 44.5. The van der Waals surface area contributed by atoms with Crippen molar-refractivity contribution in [1.29, 1.82) is 0 Å². The Labute approximate surface area is 549 Å². The van der Waals surface area contributed by atoms with Crippen LogP contribution in [0.4, 0.5) is 0 Å². The molecule has 8 rings (SSSR count). The van der Waals surface area contributed by atoms with Crippen LogP contribution >= 0.6 is 31.7 Å². The smallest absolute Gasteiger partial charge is 0.545 e. The van der Waals surface area contributed by atoms with E-state index in [0.29, 0.717) is 24.3 Å². The van der Waals surface area contributed by atoms with Crippen molar-refractivity contribution in [2.45, 2.75) is 0 Å². The number of allylic oxidation sites excluding steroid dienone is 4. The van der Waals surface area contributed by atoms with E-state index < -0.39 is 55.6 Å². The average Bonchev–Trinajstić information content (AvgIpc) is 3.56. The molecule has 0 saturated carbocycles. The second-order valence-corrected chi connectivity index (χ2v) is 27.2. The fourth-order valence-electron chi connectivity index (χ4n) is 7.49. The molecule has 0 saturated heterocycles. The van der Waals surface area contributed by atoms with Gasteiger partial charge >= 0.3 is 89.5 Å². The van der Waals surface area contributed by atoms with Gasteiger partial charge in [0.1, 0.15) is 74.1 Å². The first-order chi connectivity index (χ1) is 38.1. The molecular formula is C64H64Au4O10P4+4. The van der Waals surface area contributed by atoms with Crippen molar-refractivity contribution in [3.05, 3.63) is 291 Å². The van der Waals surface area contributed by atoms with E-state index in [9.17, 15) is 39.6 Å². The van der Waals surface area contributed by atoms with Crippen LogP contribution in [0.25, 0.3) is 0 Å². The van der Waals surface area contributed by atoms with Gasteiger partial charge in [0.15, 0.2) is 11.8 Å². The fourth-order valence-corrected chi connectivity index (χ4v) is 22.9. The Balaban J connectivity index is 0. The molecule has 0 bridgehead atoms. The van der Waals surface area contributed by atoms with Gasteiger partial charge in [-0.2, -0.15) is 0 Å². The summed E-state index contributed by atoms with van der Waals surface area (Å²) < 4.78 is 0. The normalized spacial score (nSPS) is 10.0. The summed E-state index contributed by atoms with van der Waals surface area (Å²) in [4.78, 5) is 38.6. The van der Waals surface area contributed by atoms with E-state index >= 15 is 0 Å². The fraction of sp³-hybridized carbons (Fsp3) is 0.0625. The number of benzene rings is 8. The summed E-state index contributed by atoms with van der Waals surface area (Å²) in [7, 11) is -1.39. The van der Waals surface area contributed by atoms with E-state index in [4.69, 9.17) is 10.2 Å². The zero-order chi connectivity index (χ0) is 56.6. The molecule has 18 heteroatoms. The van der Waals surface area contributed by atoms with Crippen LogP contribution in [0.2, 0.25) is 0 Å². The van der Waals surface area contributed by atoms with Crippen LogP contribution < -0.4 is 62.9 Å². The number of aliphatic carboxylic acids is 4. The van der Waals surface area contributed by atoms with Crippen molar-refractivity contribution >= 4 is 98.0 Å². The van der Waals surface area contributed by atoms with Crippen molar-refractivity contribution in [2.75, 3.05) is 26.0 Å². The molecule has 0 heterocycles. The van der Waals surface area contributed by atoms with Crippen molar-refractivity contribution in [1.82, 2.24) is 0 Å². The van der Waals surface area contributed by atoms with Crippen molar-refractivity contribution < 1.29 is 139 Å². The SMILES string of the molecule is CO.CO.O=C([O-])/C=C/C=C/C(=O)[O-].O=C([O-])/C=C/C=C/C(=O)[O-].[Au+].[Au+].[Au+].[Au+].c1ccc([PH+](C[PH+](c2ccccc2)c2ccccc2)c2ccccc2)cc1.c1ccc([PH+](C[PH+](c2ccccc2)c2ccccc2)c2ccccc2)cc1. The predicted molar refractivity (Wildman–Crippen MR) is 324 cm³/mol. The largest absolute Gasteiger partial charge is 1.00 e. The summed E-state index contributed by atoms with van der Waals surface area (Å²) >= 11 is 0. The minimum absolute atomic E-state index is 0. The number of carbonyl (C=O) groups is 4. The third-order valence-corrected chi connectivity index (χ3v) is 24.7. The Hall–Kier alpha value is -4.80. The van der Waals surface area contributed by atoms with E-state index in [-0.39, 0.29) is 89.5 Å². The van der Waals surface area contributed by atoms with E-state index in [1.807, 2.05) is 0 Å². The quantitative estimate of drug-likeness (QED) is 0.0552. The first-order valence-electron chi connectivity index (χ1n) is 24.4. The average molecular weight is 1900 g/mol. The number of hydrogen-bond donors (Lipinski definition) is 2. The van der Waals surface area contributed by atoms with Crippen LogP contribution in [0.3, 0.4) is 0 Å². The molecule has 8 aromatic rings. The molecule has 0 amide bonds. The topological polar surface area (TPSA) is 201 Å². The summed E-state index contributed by atoms with van der Waals surface area (Å²) in [6.07, 6.45) is 6.96. The Kier molecular flexibility index (Phi) is 48.0. The van der Waals surface area contributed by atoms with Crippen molar-refractivity contribution in [3.8, 4) is 0 Å². The molecule has 0 atom stereocenters. The van der Waals surface area contributed by atoms with Gasteiger partial charge < -0.3 is 49.8 Å². The Morgan fingerprint density at radius 2 is 0.378 bits per heavy atom. The van der Waals surface area contributed by atoms with Gasteiger partial charge in [-0.05, 0) is 121 Å². The molecule has 0 spiro atoms. The maximum atomic E-state index is 9.65. The van der Waals surface area contributed by atoms with Gasteiger partial charge in [0, 0.05) is 14.2 Å². The van der Waals surface area contributed by atoms with E-state index in [0.717, 1.165) is 38.5 Å². The van der Waals surface area contributed by atoms with E-state index in [1.54, 1.807) is 0 Å². The number of hydrogen-bond acceptors (Lipinski definition) is 10. The van der Waals surface area contributed by atoms with E-state index in [2.05, 4.69) is 243 Å². The van der Waals surface area contributed by atoms with Crippen LogP contribution in [0.15, 0.2) is 291 Å². The molecule has 0 fully saturated rings. The minimum atomic E-state index is -1.37. The maximum absolute atomic E-state index is 9.65. The Morgan fingerprint density at radius 1 is 0.268 bits per heavy atom. The molecule has 2 N–H and O–H groups in total. The van der Waals surface area contributed by atoms with Crippen LogP contribution in [0.1, 0.15) is 0 Å². The summed E-state index contributed by atoms with van der Waals surface area (Å²) in [5.74, 6) is -2.99. The number of carboxylic acid groups (broad SMARTS) is 4. The van der Waals surface area contributed by atoms with Crippen LogP contribution in [-0.4, -0.2) is 60.1 Å². The van der Waals surface area contributed by atoms with E-state index in [1.165, 1.54) is 54.2 Å². The molecule has 82 heavy (non-hydrogen) atoms. The molecule has 0 aromatic heterocycles. The number of aliphatic hydroxyl groups is 2. The predicted octanol–water partition coefficient (Wildman–Crippen LogP) is 3.75. The molecule has 10 nitrogen and oxygen atoms in total. The third kappa shape index (κ3) is 32.3. The summed E-state index contributed by atoms with van der Waals surface area (Å²) in [6, 6.07) is 88.9. The first-order valence-corrected chi connectivity index (χ1v) is 31.2. The van der Waals surface area contributed by atoms with Crippen LogP contribution in [-0.2, 0) is 109 Å². The standard InChI is InChI=1S/2C25H22P2.2C6H6O4.2CH4O.4Au/c2*1-5-13-22(14-6-1)26(23-15-7-2-8-16-23)21-27(24-17-9-3-10-18-24)25-19-11-4-12-20-25;2*7-5(8)3-1-2-4-6(9)10;2*1-2;;;;/h2*1-20H,21H2;2*1-4H,(H,7,8)(H,9,10);2*2H,1H3;;;;/q;;;;;;4*+1/b;;2*3-1+,4-2+;;;;;;. The van der Waals surface area contributed by atoms with Crippen molar-refractivity contribution in [2.24, 2.45) is 0 Å². The van der Waals surface area contributed by atoms with Gasteiger partial charge in [-0.25, -0.2) is 0 Å². The minimum Gasteiger partial charge on any atom is -0.545 e. The van der Waals surface area contributed by atoms with Gasteiger partial charge in [0.2, 0.25) is 0 Å². The number of aliphatic hydroxyl groups excluding tert-OH is 2. The van der Waals surface area contributed by atoms with Gasteiger partial charge in [-0.3, -0.25) is 0 Å². The molecule has 0 aliphatic heterocycles. The second-order valence-electron chi connectivity index (χ2n) is 15.9. The first kappa shape index (κ1) is 79.3. The van der Waals surface area contributed by atoms with Crippen LogP contribution in [0, 0.1) is 0 Å². The summed E-state index contributed by atoms with van der Waals surface area (Å²) in [6.45, 7) is 0. The van der Waals surface area contributed by atoms with Crippen molar-refractivity contribution in [3.63, 3.8) is 0 Å². The third-order valence-electron chi connectivity index (χ3n) is 10.8. The van der Waals surface area contributed by atoms with Gasteiger partial charge in [0.05, 0.1) is 23.9 Å². The number of rotatable bonds is 18. The van der Waals surface area contributed by atoms with Crippen LogP contribution in [0.5, 0.6) is 0 Å². The van der Waals surface area contributed by atoms with Gasteiger partial charge in [-0.1, -0.05) is 170 Å². The Bertz CT molecular complexity index is 2460. The molecule has 0 unspecified atom stereocenters. The molecular weight excluding hydrogens is 1840 g/mol. The molecule has 0 aliphatic rings. The zero-order valence-corrected chi connectivity index (χ0v) is 57.2. The molecule has 0 aliphatic carbocycles. The Morgan fingerprint density at radius 3 is 0.476 bits per heavy atom.